The minimum absolute atomic E-state index is 0.0143. The van der Waals surface area contributed by atoms with Gasteiger partial charge in [-0.05, 0) is 37.1 Å². The van der Waals surface area contributed by atoms with E-state index in [9.17, 15) is 8.78 Å². The molecule has 0 bridgehead atoms. The van der Waals surface area contributed by atoms with Crippen molar-refractivity contribution in [3.05, 3.63) is 35.4 Å². The van der Waals surface area contributed by atoms with Crippen molar-refractivity contribution in [2.45, 2.75) is 25.8 Å². The Balaban J connectivity index is 2.78. The molecule has 4 heteroatoms. The number of rotatable bonds is 6. The Labute approximate surface area is 94.3 Å². The third-order valence-electron chi connectivity index (χ3n) is 2.40. The van der Waals surface area contributed by atoms with E-state index in [2.05, 4.69) is 5.32 Å². The lowest BCUT2D eigenvalue weighted by molar-refractivity contribution is 0.265. The van der Waals surface area contributed by atoms with Crippen molar-refractivity contribution in [3.8, 4) is 0 Å². The molecule has 0 fully saturated rings. The second-order valence-electron chi connectivity index (χ2n) is 3.69. The fourth-order valence-corrected chi connectivity index (χ4v) is 1.56. The zero-order valence-electron chi connectivity index (χ0n) is 9.34. The van der Waals surface area contributed by atoms with Crippen molar-refractivity contribution in [2.24, 2.45) is 0 Å². The van der Waals surface area contributed by atoms with Crippen LogP contribution in [0.15, 0.2) is 18.2 Å². The van der Waals surface area contributed by atoms with E-state index in [1.165, 1.54) is 6.07 Å². The topological polar surface area (TPSA) is 32.3 Å². The monoisotopic (exact) mass is 229 g/mol. The van der Waals surface area contributed by atoms with E-state index in [0.717, 1.165) is 19.0 Å². The van der Waals surface area contributed by atoms with Crippen molar-refractivity contribution in [1.29, 1.82) is 0 Å². The predicted octanol–water partition coefficient (Wildman–Crippen LogP) is 2.39. The van der Waals surface area contributed by atoms with E-state index in [-0.39, 0.29) is 12.6 Å². The summed E-state index contributed by atoms with van der Waals surface area (Å²) < 4.78 is 25.8. The van der Waals surface area contributed by atoms with Gasteiger partial charge in [0.15, 0.2) is 11.6 Å². The van der Waals surface area contributed by atoms with Gasteiger partial charge in [0.2, 0.25) is 0 Å². The number of hydrogen-bond acceptors (Lipinski definition) is 2. The minimum atomic E-state index is -0.848. The number of aliphatic hydroxyl groups is 1. The SMILES string of the molecule is CCCNC(CCO)c1ccc(F)c(F)c1. The molecule has 0 radical (unpaired) electrons. The summed E-state index contributed by atoms with van der Waals surface area (Å²) in [4.78, 5) is 0. The van der Waals surface area contributed by atoms with Gasteiger partial charge in [0.1, 0.15) is 0 Å². The average Bonchev–Trinajstić information content (AvgIpc) is 2.28. The number of nitrogens with one attached hydrogen (secondary N) is 1. The number of halogens is 2. The van der Waals surface area contributed by atoms with Crippen LogP contribution in [0.25, 0.3) is 0 Å². The van der Waals surface area contributed by atoms with E-state index in [0.29, 0.717) is 12.0 Å². The molecule has 1 aromatic carbocycles. The second-order valence-corrected chi connectivity index (χ2v) is 3.69. The smallest absolute Gasteiger partial charge is 0.159 e. The van der Waals surface area contributed by atoms with E-state index < -0.39 is 11.6 Å². The van der Waals surface area contributed by atoms with E-state index in [4.69, 9.17) is 5.11 Å². The van der Waals surface area contributed by atoms with Crippen LogP contribution >= 0.6 is 0 Å². The van der Waals surface area contributed by atoms with Crippen molar-refractivity contribution in [1.82, 2.24) is 5.32 Å². The molecule has 1 atom stereocenters. The lowest BCUT2D eigenvalue weighted by atomic mass is 10.0. The predicted molar refractivity (Wildman–Crippen MR) is 59.1 cm³/mol. The second kappa shape index (κ2) is 6.55. The molecule has 16 heavy (non-hydrogen) atoms. The standard InChI is InChI=1S/C12H17F2NO/c1-2-6-15-12(5-7-16)9-3-4-10(13)11(14)8-9/h3-4,8,12,15-16H,2,5-7H2,1H3. The van der Waals surface area contributed by atoms with Crippen LogP contribution in [0, 0.1) is 11.6 Å². The molecule has 0 aliphatic heterocycles. The van der Waals surface area contributed by atoms with Crippen LogP contribution in [-0.4, -0.2) is 18.3 Å². The summed E-state index contributed by atoms with van der Waals surface area (Å²) in [7, 11) is 0. The summed E-state index contributed by atoms with van der Waals surface area (Å²) in [5.74, 6) is -1.69. The van der Waals surface area contributed by atoms with Crippen molar-refractivity contribution in [2.75, 3.05) is 13.2 Å². The van der Waals surface area contributed by atoms with E-state index in [1.54, 1.807) is 6.07 Å². The van der Waals surface area contributed by atoms with Gasteiger partial charge in [-0.2, -0.15) is 0 Å². The Morgan fingerprint density at radius 2 is 2.06 bits per heavy atom. The van der Waals surface area contributed by atoms with Crippen LogP contribution in [0.1, 0.15) is 31.4 Å². The lowest BCUT2D eigenvalue weighted by Crippen LogP contribution is -2.23. The molecule has 1 unspecified atom stereocenters. The van der Waals surface area contributed by atoms with Gasteiger partial charge in [0, 0.05) is 12.6 Å². The average molecular weight is 229 g/mol. The molecular weight excluding hydrogens is 212 g/mol. The first-order valence-electron chi connectivity index (χ1n) is 5.48. The molecule has 2 nitrogen and oxygen atoms in total. The normalized spacial score (nSPS) is 12.8. The Bertz CT molecular complexity index is 331. The molecule has 0 spiro atoms. The zero-order chi connectivity index (χ0) is 12.0. The fraction of sp³-hybridized carbons (Fsp3) is 0.500. The summed E-state index contributed by atoms with van der Waals surface area (Å²) >= 11 is 0. The fourth-order valence-electron chi connectivity index (χ4n) is 1.56. The highest BCUT2D eigenvalue weighted by atomic mass is 19.2. The van der Waals surface area contributed by atoms with Crippen molar-refractivity contribution >= 4 is 0 Å². The molecule has 0 aliphatic rings. The van der Waals surface area contributed by atoms with Crippen molar-refractivity contribution < 1.29 is 13.9 Å². The van der Waals surface area contributed by atoms with Gasteiger partial charge in [0.25, 0.3) is 0 Å². The maximum atomic E-state index is 13.0. The first-order valence-corrected chi connectivity index (χ1v) is 5.48. The molecule has 0 aromatic heterocycles. The first kappa shape index (κ1) is 13.1. The quantitative estimate of drug-likeness (QED) is 0.785. The Hall–Kier alpha value is -1.00. The van der Waals surface area contributed by atoms with Crippen molar-refractivity contribution in [3.63, 3.8) is 0 Å². The number of aliphatic hydroxyl groups excluding tert-OH is 1. The molecule has 90 valence electrons. The molecule has 1 rings (SSSR count). The maximum Gasteiger partial charge on any atom is 0.159 e. The summed E-state index contributed by atoms with van der Waals surface area (Å²) in [6.07, 6.45) is 1.44. The zero-order valence-corrected chi connectivity index (χ0v) is 9.34. The molecule has 0 saturated carbocycles. The molecule has 0 amide bonds. The lowest BCUT2D eigenvalue weighted by Gasteiger charge is -2.18. The van der Waals surface area contributed by atoms with Crippen LogP contribution in [0.4, 0.5) is 8.78 Å². The summed E-state index contributed by atoms with van der Waals surface area (Å²) in [5, 5.41) is 12.1. The van der Waals surface area contributed by atoms with Gasteiger partial charge in [-0.1, -0.05) is 13.0 Å². The van der Waals surface area contributed by atoms with E-state index in [1.807, 2.05) is 6.92 Å². The molecule has 0 aliphatic carbocycles. The summed E-state index contributed by atoms with van der Waals surface area (Å²) in [5.41, 5.74) is 0.668. The van der Waals surface area contributed by atoms with Crippen LogP contribution < -0.4 is 5.32 Å². The molecular formula is C12H17F2NO. The van der Waals surface area contributed by atoms with Gasteiger partial charge in [-0.3, -0.25) is 0 Å². The summed E-state index contributed by atoms with van der Waals surface area (Å²) in [6, 6.07) is 3.71. The molecule has 0 heterocycles. The maximum absolute atomic E-state index is 13.0. The van der Waals surface area contributed by atoms with Gasteiger partial charge in [-0.15, -0.1) is 0 Å². The molecule has 2 N–H and O–H groups in total. The van der Waals surface area contributed by atoms with Crippen LogP contribution in [-0.2, 0) is 0 Å². The van der Waals surface area contributed by atoms with E-state index >= 15 is 0 Å². The largest absolute Gasteiger partial charge is 0.396 e. The Morgan fingerprint density at radius 1 is 1.31 bits per heavy atom. The number of hydrogen-bond donors (Lipinski definition) is 2. The molecule has 0 saturated heterocycles. The first-order chi connectivity index (χ1) is 7.69. The Morgan fingerprint density at radius 3 is 2.62 bits per heavy atom. The number of benzene rings is 1. The summed E-state index contributed by atoms with van der Waals surface area (Å²) in [6.45, 7) is 2.82. The van der Waals surface area contributed by atoms with Gasteiger partial charge < -0.3 is 10.4 Å². The highest BCUT2D eigenvalue weighted by molar-refractivity contribution is 5.21. The van der Waals surface area contributed by atoms with Gasteiger partial charge >= 0.3 is 0 Å². The minimum Gasteiger partial charge on any atom is -0.396 e. The molecule has 1 aromatic rings. The van der Waals surface area contributed by atoms with Crippen LogP contribution in [0.5, 0.6) is 0 Å². The van der Waals surface area contributed by atoms with Gasteiger partial charge in [-0.25, -0.2) is 8.78 Å². The third-order valence-corrected chi connectivity index (χ3v) is 2.40. The highest BCUT2D eigenvalue weighted by Crippen LogP contribution is 2.19. The van der Waals surface area contributed by atoms with Crippen LogP contribution in [0.2, 0.25) is 0 Å². The highest BCUT2D eigenvalue weighted by Gasteiger charge is 2.12. The van der Waals surface area contributed by atoms with Crippen LogP contribution in [0.3, 0.4) is 0 Å². The third kappa shape index (κ3) is 3.54. The van der Waals surface area contributed by atoms with Gasteiger partial charge in [0.05, 0.1) is 0 Å². The Kier molecular flexibility index (Phi) is 5.35.